The van der Waals surface area contributed by atoms with Crippen LogP contribution in [0.25, 0.3) is 22.4 Å². The van der Waals surface area contributed by atoms with Crippen molar-refractivity contribution in [3.63, 3.8) is 0 Å². The molecule has 0 radical (unpaired) electrons. The summed E-state index contributed by atoms with van der Waals surface area (Å²) in [6, 6.07) is 9.80. The Hall–Kier alpha value is -2.34. The summed E-state index contributed by atoms with van der Waals surface area (Å²) in [4.78, 5) is 24.2. The largest absolute Gasteiger partial charge is 0.465 e. The lowest BCUT2D eigenvalue weighted by Gasteiger charge is -2.03. The van der Waals surface area contributed by atoms with Crippen molar-refractivity contribution in [2.24, 2.45) is 0 Å². The quantitative estimate of drug-likeness (QED) is 0.578. The van der Waals surface area contributed by atoms with Crippen LogP contribution in [0.2, 0.25) is 0 Å². The minimum Gasteiger partial charge on any atom is -0.465 e. The van der Waals surface area contributed by atoms with Gasteiger partial charge in [-0.1, -0.05) is 12.1 Å². The molecule has 0 saturated heterocycles. The molecular weight excluding hydrogens is 298 g/mol. The average molecular weight is 313 g/mol. The Balaban J connectivity index is 1.72. The highest BCUT2D eigenvalue weighted by Gasteiger charge is 2.06. The molecule has 0 aliphatic carbocycles. The summed E-state index contributed by atoms with van der Waals surface area (Å²) >= 11 is 1.46. The van der Waals surface area contributed by atoms with Crippen LogP contribution in [0.15, 0.2) is 47.6 Å². The number of aromatic amines is 1. The number of ether oxygens (including phenoxy) is 1. The highest BCUT2D eigenvalue weighted by molar-refractivity contribution is 8.00. The van der Waals surface area contributed by atoms with E-state index in [1.165, 1.54) is 11.8 Å². The van der Waals surface area contributed by atoms with Gasteiger partial charge in [-0.25, -0.2) is 4.98 Å². The molecule has 0 saturated carbocycles. The van der Waals surface area contributed by atoms with Crippen LogP contribution in [-0.2, 0) is 9.53 Å². The van der Waals surface area contributed by atoms with Crippen LogP contribution in [0.4, 0.5) is 0 Å². The predicted molar refractivity (Wildman–Crippen MR) is 86.7 cm³/mol. The van der Waals surface area contributed by atoms with Crippen LogP contribution in [0.5, 0.6) is 0 Å². The number of hydrogen-bond acceptors (Lipinski definition) is 5. The normalized spacial score (nSPS) is 10.8. The minimum atomic E-state index is -0.193. The first-order chi connectivity index (χ1) is 10.8. The topological polar surface area (TPSA) is 67.9 Å². The summed E-state index contributed by atoms with van der Waals surface area (Å²) in [5, 5.41) is 0. The molecule has 6 heteroatoms. The first-order valence-corrected chi connectivity index (χ1v) is 7.93. The zero-order valence-electron chi connectivity index (χ0n) is 12.1. The summed E-state index contributed by atoms with van der Waals surface area (Å²) in [6.45, 7) is 2.22. The fourth-order valence-electron chi connectivity index (χ4n) is 2.05. The Kier molecular flexibility index (Phi) is 4.39. The predicted octanol–water partition coefficient (Wildman–Crippen LogP) is 3.28. The van der Waals surface area contributed by atoms with Gasteiger partial charge in [0.15, 0.2) is 0 Å². The third-order valence-corrected chi connectivity index (χ3v) is 4.06. The molecule has 0 aliphatic heterocycles. The van der Waals surface area contributed by atoms with Crippen LogP contribution >= 0.6 is 11.8 Å². The lowest BCUT2D eigenvalue weighted by atomic mass is 10.2. The summed E-state index contributed by atoms with van der Waals surface area (Å²) in [6.07, 6.45) is 3.48. The Morgan fingerprint density at radius 3 is 2.82 bits per heavy atom. The number of hydrogen-bond donors (Lipinski definition) is 1. The first kappa shape index (κ1) is 14.6. The molecule has 1 aromatic carbocycles. The number of aromatic nitrogens is 3. The molecule has 112 valence electrons. The molecule has 3 aromatic rings. The van der Waals surface area contributed by atoms with Crippen LogP contribution in [-0.4, -0.2) is 33.3 Å². The molecular formula is C16H15N3O2S. The Morgan fingerprint density at radius 2 is 2.09 bits per heavy atom. The van der Waals surface area contributed by atoms with Gasteiger partial charge in [0.05, 0.1) is 29.6 Å². The number of carbonyl (C=O) groups excluding carboxylic acids is 1. The van der Waals surface area contributed by atoms with E-state index >= 15 is 0 Å². The van der Waals surface area contributed by atoms with Gasteiger partial charge in [0.1, 0.15) is 5.82 Å². The standard InChI is InChI=1S/C16H15N3O2S/c1-2-21-15(20)10-22-12-5-3-11(4-6-12)16-18-13-7-8-17-9-14(13)19-16/h3-9H,2,10H2,1H3,(H,18,19). The molecule has 0 atom stereocenters. The van der Waals surface area contributed by atoms with Gasteiger partial charge in [-0.15, -0.1) is 11.8 Å². The number of imidazole rings is 1. The number of benzene rings is 1. The lowest BCUT2D eigenvalue weighted by Crippen LogP contribution is -2.06. The Morgan fingerprint density at radius 1 is 1.27 bits per heavy atom. The molecule has 0 bridgehead atoms. The SMILES string of the molecule is CCOC(=O)CSc1ccc(-c2nc3ccncc3[nH]2)cc1. The van der Waals surface area contributed by atoms with Gasteiger partial charge >= 0.3 is 5.97 Å². The first-order valence-electron chi connectivity index (χ1n) is 6.95. The van der Waals surface area contributed by atoms with E-state index in [0.29, 0.717) is 12.4 Å². The summed E-state index contributed by atoms with van der Waals surface area (Å²) in [5.41, 5.74) is 2.81. The second-order valence-corrected chi connectivity index (χ2v) is 5.65. The summed E-state index contributed by atoms with van der Waals surface area (Å²) < 4.78 is 4.91. The van der Waals surface area contributed by atoms with Gasteiger partial charge in [-0.05, 0) is 25.1 Å². The lowest BCUT2D eigenvalue weighted by molar-refractivity contribution is -0.139. The van der Waals surface area contributed by atoms with Gasteiger partial charge in [-0.2, -0.15) is 0 Å². The number of esters is 1. The summed E-state index contributed by atoms with van der Waals surface area (Å²) in [7, 11) is 0. The zero-order valence-corrected chi connectivity index (χ0v) is 12.9. The summed E-state index contributed by atoms with van der Waals surface area (Å²) in [5.74, 6) is 0.940. The molecule has 2 aromatic heterocycles. The van der Waals surface area contributed by atoms with Crippen molar-refractivity contribution in [2.75, 3.05) is 12.4 Å². The van der Waals surface area contributed by atoms with Gasteiger partial charge in [0.25, 0.3) is 0 Å². The van der Waals surface area contributed by atoms with Crippen molar-refractivity contribution in [3.8, 4) is 11.4 Å². The second-order valence-electron chi connectivity index (χ2n) is 4.60. The van der Waals surface area contributed by atoms with E-state index in [-0.39, 0.29) is 5.97 Å². The van der Waals surface area contributed by atoms with E-state index in [9.17, 15) is 4.79 Å². The fraction of sp³-hybridized carbons (Fsp3) is 0.188. The molecule has 22 heavy (non-hydrogen) atoms. The molecule has 3 rings (SSSR count). The fourth-order valence-corrected chi connectivity index (χ4v) is 2.74. The molecule has 0 fully saturated rings. The van der Waals surface area contributed by atoms with E-state index in [1.807, 2.05) is 30.3 Å². The van der Waals surface area contributed by atoms with E-state index in [0.717, 1.165) is 27.3 Å². The van der Waals surface area contributed by atoms with E-state index in [1.54, 1.807) is 19.3 Å². The molecule has 0 spiro atoms. The van der Waals surface area contributed by atoms with Crippen molar-refractivity contribution >= 4 is 28.8 Å². The van der Waals surface area contributed by atoms with Gasteiger partial charge < -0.3 is 9.72 Å². The third-order valence-electron chi connectivity index (χ3n) is 3.07. The highest BCUT2D eigenvalue weighted by Crippen LogP contribution is 2.24. The minimum absolute atomic E-state index is 0.193. The van der Waals surface area contributed by atoms with Gasteiger partial charge in [0, 0.05) is 16.7 Å². The molecule has 0 amide bonds. The maximum Gasteiger partial charge on any atom is 0.316 e. The maximum atomic E-state index is 11.3. The van der Waals surface area contributed by atoms with Crippen molar-refractivity contribution in [2.45, 2.75) is 11.8 Å². The van der Waals surface area contributed by atoms with Crippen LogP contribution in [0.1, 0.15) is 6.92 Å². The number of rotatable bonds is 5. The number of H-pyrrole nitrogens is 1. The van der Waals surface area contributed by atoms with Crippen molar-refractivity contribution < 1.29 is 9.53 Å². The van der Waals surface area contributed by atoms with Crippen LogP contribution in [0.3, 0.4) is 0 Å². The molecule has 1 N–H and O–H groups in total. The van der Waals surface area contributed by atoms with E-state index in [2.05, 4.69) is 15.0 Å². The van der Waals surface area contributed by atoms with Gasteiger partial charge in [-0.3, -0.25) is 9.78 Å². The third kappa shape index (κ3) is 3.28. The van der Waals surface area contributed by atoms with E-state index in [4.69, 9.17) is 4.74 Å². The van der Waals surface area contributed by atoms with Crippen molar-refractivity contribution in [1.29, 1.82) is 0 Å². The number of nitrogens with one attached hydrogen (secondary N) is 1. The number of thioether (sulfide) groups is 1. The Bertz CT molecular complexity index is 750. The Labute approximate surface area is 132 Å². The molecule has 5 nitrogen and oxygen atoms in total. The molecule has 0 aliphatic rings. The van der Waals surface area contributed by atoms with E-state index < -0.39 is 0 Å². The zero-order chi connectivity index (χ0) is 15.4. The molecule has 0 unspecified atom stereocenters. The monoisotopic (exact) mass is 313 g/mol. The number of carbonyl (C=O) groups is 1. The highest BCUT2D eigenvalue weighted by atomic mass is 32.2. The number of fused-ring (bicyclic) bond motifs is 1. The average Bonchev–Trinajstić information content (AvgIpc) is 2.98. The van der Waals surface area contributed by atoms with Crippen molar-refractivity contribution in [3.05, 3.63) is 42.7 Å². The maximum absolute atomic E-state index is 11.3. The number of pyridine rings is 1. The molecule has 2 heterocycles. The smallest absolute Gasteiger partial charge is 0.316 e. The van der Waals surface area contributed by atoms with Crippen LogP contribution < -0.4 is 0 Å². The van der Waals surface area contributed by atoms with Gasteiger partial charge in [0.2, 0.25) is 0 Å². The number of nitrogens with zero attached hydrogens (tertiary/aromatic N) is 2. The van der Waals surface area contributed by atoms with Crippen LogP contribution in [0, 0.1) is 0 Å². The second kappa shape index (κ2) is 6.62. The van der Waals surface area contributed by atoms with Crippen molar-refractivity contribution in [1.82, 2.24) is 15.0 Å².